The lowest BCUT2D eigenvalue weighted by molar-refractivity contribution is 0.354. The summed E-state index contributed by atoms with van der Waals surface area (Å²) in [5.41, 5.74) is 8.60. The Bertz CT molecular complexity index is 824. The Balaban J connectivity index is 1.95. The van der Waals surface area contributed by atoms with E-state index in [9.17, 15) is 0 Å². The van der Waals surface area contributed by atoms with Crippen molar-refractivity contribution in [2.75, 3.05) is 20.8 Å². The molecule has 1 unspecified atom stereocenters. The van der Waals surface area contributed by atoms with Gasteiger partial charge in [-0.05, 0) is 47.0 Å². The predicted molar refractivity (Wildman–Crippen MR) is 99.0 cm³/mol. The summed E-state index contributed by atoms with van der Waals surface area (Å²) in [4.78, 5) is 0. The quantitative estimate of drug-likeness (QED) is 0.742. The SMILES string of the molecule is COc1ccc(CC(CN)c2cccc3ccccc23)cc1OC. The van der Waals surface area contributed by atoms with E-state index in [4.69, 9.17) is 15.2 Å². The normalized spacial score (nSPS) is 12.1. The molecule has 3 aromatic carbocycles. The fourth-order valence-electron chi connectivity index (χ4n) is 3.22. The molecule has 3 nitrogen and oxygen atoms in total. The van der Waals surface area contributed by atoms with Crippen molar-refractivity contribution >= 4 is 10.8 Å². The highest BCUT2D eigenvalue weighted by Gasteiger charge is 2.15. The van der Waals surface area contributed by atoms with Crippen LogP contribution in [0.15, 0.2) is 60.7 Å². The van der Waals surface area contributed by atoms with E-state index in [1.54, 1.807) is 14.2 Å². The lowest BCUT2D eigenvalue weighted by Gasteiger charge is -2.18. The number of hydrogen-bond donors (Lipinski definition) is 1. The summed E-state index contributed by atoms with van der Waals surface area (Å²) in [5, 5.41) is 2.52. The zero-order valence-corrected chi connectivity index (χ0v) is 14.2. The van der Waals surface area contributed by atoms with E-state index in [1.807, 2.05) is 12.1 Å². The summed E-state index contributed by atoms with van der Waals surface area (Å²) in [5.74, 6) is 1.76. The highest BCUT2D eigenvalue weighted by molar-refractivity contribution is 5.86. The van der Waals surface area contributed by atoms with Crippen molar-refractivity contribution in [3.63, 3.8) is 0 Å². The van der Waals surface area contributed by atoms with E-state index in [-0.39, 0.29) is 5.92 Å². The van der Waals surface area contributed by atoms with Crippen molar-refractivity contribution in [3.05, 3.63) is 71.8 Å². The first-order chi connectivity index (χ1) is 11.8. The van der Waals surface area contributed by atoms with Crippen LogP contribution in [0.2, 0.25) is 0 Å². The maximum atomic E-state index is 6.11. The van der Waals surface area contributed by atoms with Gasteiger partial charge in [0.05, 0.1) is 14.2 Å². The Morgan fingerprint density at radius 1 is 0.875 bits per heavy atom. The minimum Gasteiger partial charge on any atom is -0.493 e. The van der Waals surface area contributed by atoms with Gasteiger partial charge in [0.25, 0.3) is 0 Å². The second-order valence-corrected chi connectivity index (χ2v) is 5.89. The molecule has 0 aliphatic rings. The van der Waals surface area contributed by atoms with Crippen LogP contribution in [0.3, 0.4) is 0 Å². The number of benzene rings is 3. The van der Waals surface area contributed by atoms with Crippen molar-refractivity contribution in [2.45, 2.75) is 12.3 Å². The average molecular weight is 321 g/mol. The molecule has 2 N–H and O–H groups in total. The first-order valence-electron chi connectivity index (χ1n) is 8.15. The van der Waals surface area contributed by atoms with Crippen LogP contribution >= 0.6 is 0 Å². The van der Waals surface area contributed by atoms with Crippen LogP contribution in [-0.4, -0.2) is 20.8 Å². The summed E-state index contributed by atoms with van der Waals surface area (Å²) < 4.78 is 10.7. The molecule has 3 rings (SSSR count). The molecule has 0 amide bonds. The molecule has 0 heterocycles. The van der Waals surface area contributed by atoms with Crippen LogP contribution < -0.4 is 15.2 Å². The van der Waals surface area contributed by atoms with Crippen LogP contribution in [0.1, 0.15) is 17.0 Å². The van der Waals surface area contributed by atoms with Crippen molar-refractivity contribution in [1.82, 2.24) is 0 Å². The Kier molecular flexibility index (Phi) is 5.02. The largest absolute Gasteiger partial charge is 0.493 e. The Hall–Kier alpha value is -2.52. The minimum atomic E-state index is 0.259. The summed E-state index contributed by atoms with van der Waals surface area (Å²) in [6, 6.07) is 20.9. The molecular weight excluding hydrogens is 298 g/mol. The number of ether oxygens (including phenoxy) is 2. The van der Waals surface area contributed by atoms with E-state index < -0.39 is 0 Å². The number of hydrogen-bond acceptors (Lipinski definition) is 3. The topological polar surface area (TPSA) is 44.5 Å². The fraction of sp³-hybridized carbons (Fsp3) is 0.238. The van der Waals surface area contributed by atoms with Gasteiger partial charge in [-0.25, -0.2) is 0 Å². The van der Waals surface area contributed by atoms with E-state index >= 15 is 0 Å². The van der Waals surface area contributed by atoms with Gasteiger partial charge in [0, 0.05) is 5.92 Å². The predicted octanol–water partition coefficient (Wildman–Crippen LogP) is 4.14. The van der Waals surface area contributed by atoms with Gasteiger partial charge in [0.15, 0.2) is 11.5 Å². The van der Waals surface area contributed by atoms with Crippen LogP contribution in [0, 0.1) is 0 Å². The molecule has 0 spiro atoms. The third-order valence-corrected chi connectivity index (χ3v) is 4.48. The van der Waals surface area contributed by atoms with E-state index in [2.05, 4.69) is 48.5 Å². The monoisotopic (exact) mass is 321 g/mol. The summed E-state index contributed by atoms with van der Waals surface area (Å²) in [6.07, 6.45) is 0.866. The molecule has 0 saturated carbocycles. The molecule has 0 aliphatic heterocycles. The van der Waals surface area contributed by atoms with Crippen molar-refractivity contribution in [3.8, 4) is 11.5 Å². The molecule has 1 atom stereocenters. The molecule has 0 saturated heterocycles. The number of fused-ring (bicyclic) bond motifs is 1. The van der Waals surface area contributed by atoms with Gasteiger partial charge < -0.3 is 15.2 Å². The maximum absolute atomic E-state index is 6.11. The molecule has 0 fully saturated rings. The van der Waals surface area contributed by atoms with Gasteiger partial charge in [-0.15, -0.1) is 0 Å². The van der Waals surface area contributed by atoms with Gasteiger partial charge in [0.2, 0.25) is 0 Å². The molecular formula is C21H23NO2. The first-order valence-corrected chi connectivity index (χ1v) is 8.15. The smallest absolute Gasteiger partial charge is 0.160 e. The number of nitrogens with two attached hydrogens (primary N) is 1. The second kappa shape index (κ2) is 7.37. The van der Waals surface area contributed by atoms with Gasteiger partial charge in [-0.3, -0.25) is 0 Å². The van der Waals surface area contributed by atoms with Crippen molar-refractivity contribution in [2.24, 2.45) is 5.73 Å². The molecule has 3 heteroatoms. The molecule has 0 bridgehead atoms. The third kappa shape index (κ3) is 3.22. The van der Waals surface area contributed by atoms with E-state index in [0.29, 0.717) is 6.54 Å². The maximum Gasteiger partial charge on any atom is 0.160 e. The fourth-order valence-corrected chi connectivity index (χ4v) is 3.22. The van der Waals surface area contributed by atoms with Gasteiger partial charge in [-0.2, -0.15) is 0 Å². The summed E-state index contributed by atoms with van der Waals surface area (Å²) >= 11 is 0. The molecule has 24 heavy (non-hydrogen) atoms. The van der Waals surface area contributed by atoms with E-state index in [1.165, 1.54) is 21.9 Å². The van der Waals surface area contributed by atoms with Crippen LogP contribution in [-0.2, 0) is 6.42 Å². The van der Waals surface area contributed by atoms with Gasteiger partial charge in [0.1, 0.15) is 0 Å². The van der Waals surface area contributed by atoms with Crippen molar-refractivity contribution in [1.29, 1.82) is 0 Å². The lowest BCUT2D eigenvalue weighted by Crippen LogP contribution is -2.15. The minimum absolute atomic E-state index is 0.259. The molecule has 0 radical (unpaired) electrons. The van der Waals surface area contributed by atoms with Crippen LogP contribution in [0.5, 0.6) is 11.5 Å². The Morgan fingerprint density at radius 3 is 2.38 bits per heavy atom. The van der Waals surface area contributed by atoms with Gasteiger partial charge >= 0.3 is 0 Å². The molecule has 0 aliphatic carbocycles. The Morgan fingerprint density at radius 2 is 1.62 bits per heavy atom. The molecule has 124 valence electrons. The number of rotatable bonds is 6. The highest BCUT2D eigenvalue weighted by Crippen LogP contribution is 2.32. The van der Waals surface area contributed by atoms with Crippen LogP contribution in [0.4, 0.5) is 0 Å². The van der Waals surface area contributed by atoms with E-state index in [0.717, 1.165) is 17.9 Å². The first kappa shape index (κ1) is 16.3. The van der Waals surface area contributed by atoms with Gasteiger partial charge in [-0.1, -0.05) is 48.5 Å². The summed E-state index contributed by atoms with van der Waals surface area (Å²) in [6.45, 7) is 0.600. The summed E-state index contributed by atoms with van der Waals surface area (Å²) in [7, 11) is 3.31. The zero-order chi connectivity index (χ0) is 16.9. The third-order valence-electron chi connectivity index (χ3n) is 4.48. The van der Waals surface area contributed by atoms with Crippen LogP contribution in [0.25, 0.3) is 10.8 Å². The second-order valence-electron chi connectivity index (χ2n) is 5.89. The van der Waals surface area contributed by atoms with Crippen molar-refractivity contribution < 1.29 is 9.47 Å². The number of methoxy groups -OCH3 is 2. The standard InChI is InChI=1S/C21H23NO2/c1-23-20-11-10-15(13-21(20)24-2)12-17(14-22)19-9-5-7-16-6-3-4-8-18(16)19/h3-11,13,17H,12,14,22H2,1-2H3. The Labute approximate surface area is 143 Å². The molecule has 0 aromatic heterocycles. The zero-order valence-electron chi connectivity index (χ0n) is 14.2. The highest BCUT2D eigenvalue weighted by atomic mass is 16.5. The molecule has 3 aromatic rings. The average Bonchev–Trinajstić information content (AvgIpc) is 2.65. The lowest BCUT2D eigenvalue weighted by atomic mass is 9.88.